The highest BCUT2D eigenvalue weighted by atomic mass is 16.5. The predicted octanol–water partition coefficient (Wildman–Crippen LogP) is 2.32. The van der Waals surface area contributed by atoms with Gasteiger partial charge in [-0.2, -0.15) is 5.10 Å². The Kier molecular flexibility index (Phi) is 4.01. The second-order valence-corrected chi connectivity index (χ2v) is 6.15. The highest BCUT2D eigenvalue weighted by molar-refractivity contribution is 6.00. The quantitative estimate of drug-likeness (QED) is 0.793. The Labute approximate surface area is 145 Å². The second kappa shape index (κ2) is 6.47. The molecule has 0 saturated carbocycles. The maximum absolute atomic E-state index is 12.5. The number of amides is 1. The summed E-state index contributed by atoms with van der Waals surface area (Å²) in [5, 5.41) is 7.20. The van der Waals surface area contributed by atoms with E-state index >= 15 is 0 Å². The van der Waals surface area contributed by atoms with E-state index in [1.807, 2.05) is 42.6 Å². The third-order valence-electron chi connectivity index (χ3n) is 4.48. The summed E-state index contributed by atoms with van der Waals surface area (Å²) in [6.07, 6.45) is 4.30. The fourth-order valence-electron chi connectivity index (χ4n) is 3.12. The molecule has 6 nitrogen and oxygen atoms in total. The molecule has 1 amide bonds. The number of nitrogens with zero attached hydrogens (tertiary/aromatic N) is 2. The zero-order valence-corrected chi connectivity index (χ0v) is 13.9. The molecule has 0 aliphatic carbocycles. The Bertz CT molecular complexity index is 919. The molecule has 1 aromatic carbocycles. The van der Waals surface area contributed by atoms with Crippen molar-refractivity contribution >= 4 is 11.4 Å². The van der Waals surface area contributed by atoms with Crippen molar-refractivity contribution < 1.29 is 14.3 Å². The third kappa shape index (κ3) is 3.03. The Balaban J connectivity index is 1.41. The van der Waals surface area contributed by atoms with E-state index in [0.717, 1.165) is 29.0 Å². The number of hydrogen-bond donors (Lipinski definition) is 1. The van der Waals surface area contributed by atoms with Crippen LogP contribution in [-0.4, -0.2) is 35.8 Å². The monoisotopic (exact) mass is 337 g/mol. The van der Waals surface area contributed by atoms with Gasteiger partial charge in [-0.05, 0) is 30.2 Å². The average molecular weight is 337 g/mol. The number of rotatable bonds is 4. The molecule has 3 aromatic rings. The number of pyridine rings is 1. The van der Waals surface area contributed by atoms with Crippen molar-refractivity contribution in [2.75, 3.05) is 20.3 Å². The lowest BCUT2D eigenvalue weighted by Gasteiger charge is -2.25. The number of hydrogen-bond acceptors (Lipinski definition) is 4. The zero-order valence-electron chi connectivity index (χ0n) is 13.9. The predicted molar refractivity (Wildman–Crippen MR) is 93.2 cm³/mol. The smallest absolute Gasteiger partial charge is 0.255 e. The van der Waals surface area contributed by atoms with Crippen molar-refractivity contribution in [3.8, 4) is 11.5 Å². The summed E-state index contributed by atoms with van der Waals surface area (Å²) in [6, 6.07) is 11.5. The van der Waals surface area contributed by atoms with Crippen LogP contribution in [0.2, 0.25) is 0 Å². The van der Waals surface area contributed by atoms with Gasteiger partial charge < -0.3 is 14.8 Å². The van der Waals surface area contributed by atoms with Crippen LogP contribution < -0.4 is 14.8 Å². The average Bonchev–Trinajstić information content (AvgIpc) is 3.09. The molecule has 0 unspecified atom stereocenters. The second-order valence-electron chi connectivity index (χ2n) is 6.15. The molecule has 1 atom stereocenters. The van der Waals surface area contributed by atoms with Gasteiger partial charge >= 0.3 is 0 Å². The highest BCUT2D eigenvalue weighted by Crippen LogP contribution is 2.30. The van der Waals surface area contributed by atoms with E-state index in [9.17, 15) is 4.79 Å². The first-order valence-electron chi connectivity index (χ1n) is 8.25. The SMILES string of the molecule is COc1ccc2c(c1)OC[C@H](CNC(=O)c1cnn3ccccc13)C2. The van der Waals surface area contributed by atoms with Crippen molar-refractivity contribution in [1.82, 2.24) is 14.9 Å². The Hall–Kier alpha value is -3.02. The third-order valence-corrected chi connectivity index (χ3v) is 4.48. The fourth-order valence-corrected chi connectivity index (χ4v) is 3.12. The van der Waals surface area contributed by atoms with Crippen LogP contribution in [0.5, 0.6) is 11.5 Å². The van der Waals surface area contributed by atoms with Crippen LogP contribution in [0.1, 0.15) is 15.9 Å². The normalized spacial score (nSPS) is 16.1. The van der Waals surface area contributed by atoms with Gasteiger partial charge in [0.05, 0.1) is 31.0 Å². The first kappa shape index (κ1) is 15.5. The number of nitrogens with one attached hydrogen (secondary N) is 1. The van der Waals surface area contributed by atoms with Crippen LogP contribution in [0.4, 0.5) is 0 Å². The first-order valence-corrected chi connectivity index (χ1v) is 8.25. The van der Waals surface area contributed by atoms with Crippen LogP contribution >= 0.6 is 0 Å². The summed E-state index contributed by atoms with van der Waals surface area (Å²) in [6.45, 7) is 1.14. The van der Waals surface area contributed by atoms with Gasteiger partial charge in [0.1, 0.15) is 11.5 Å². The molecule has 2 aromatic heterocycles. The van der Waals surface area contributed by atoms with E-state index in [1.54, 1.807) is 17.8 Å². The highest BCUT2D eigenvalue weighted by Gasteiger charge is 2.22. The standard InChI is InChI=1S/C19H19N3O3/c1-24-15-6-5-14-8-13(12-25-18(14)9-15)10-20-19(23)16-11-21-22-7-3-2-4-17(16)22/h2-7,9,11,13H,8,10,12H2,1H3,(H,20,23)/t13-/m0/s1. The lowest BCUT2D eigenvalue weighted by Crippen LogP contribution is -2.34. The van der Waals surface area contributed by atoms with E-state index < -0.39 is 0 Å². The van der Waals surface area contributed by atoms with Crippen molar-refractivity contribution in [2.24, 2.45) is 5.92 Å². The number of carbonyl (C=O) groups excluding carboxylic acids is 1. The fraction of sp³-hybridized carbons (Fsp3) is 0.263. The van der Waals surface area contributed by atoms with Crippen molar-refractivity contribution in [2.45, 2.75) is 6.42 Å². The molecule has 0 bridgehead atoms. The Morgan fingerprint density at radius 1 is 1.40 bits per heavy atom. The molecule has 0 spiro atoms. The molecule has 1 aliphatic heterocycles. The van der Waals surface area contributed by atoms with E-state index in [4.69, 9.17) is 9.47 Å². The van der Waals surface area contributed by atoms with Crippen LogP contribution in [0.15, 0.2) is 48.8 Å². The van der Waals surface area contributed by atoms with Gasteiger partial charge in [0.15, 0.2) is 0 Å². The number of ether oxygens (including phenoxy) is 2. The lowest BCUT2D eigenvalue weighted by molar-refractivity contribution is 0.0940. The van der Waals surface area contributed by atoms with Crippen molar-refractivity contribution in [3.63, 3.8) is 0 Å². The maximum atomic E-state index is 12.5. The number of fused-ring (bicyclic) bond motifs is 2. The largest absolute Gasteiger partial charge is 0.497 e. The van der Waals surface area contributed by atoms with Gasteiger partial charge in [-0.1, -0.05) is 12.1 Å². The zero-order chi connectivity index (χ0) is 17.2. The van der Waals surface area contributed by atoms with Crippen LogP contribution in [-0.2, 0) is 6.42 Å². The minimum absolute atomic E-state index is 0.110. The Morgan fingerprint density at radius 3 is 3.20 bits per heavy atom. The minimum Gasteiger partial charge on any atom is -0.497 e. The van der Waals surface area contributed by atoms with Gasteiger partial charge in [-0.3, -0.25) is 4.79 Å². The summed E-state index contributed by atoms with van der Waals surface area (Å²) >= 11 is 0. The lowest BCUT2D eigenvalue weighted by atomic mass is 9.96. The molecule has 3 heterocycles. The van der Waals surface area contributed by atoms with Gasteiger partial charge in [-0.25, -0.2) is 4.52 Å². The summed E-state index contributed by atoms with van der Waals surface area (Å²) in [5.41, 5.74) is 2.53. The number of methoxy groups -OCH3 is 1. The molecule has 0 saturated heterocycles. The molecule has 128 valence electrons. The summed E-state index contributed by atoms with van der Waals surface area (Å²) in [5.74, 6) is 1.79. The molecule has 25 heavy (non-hydrogen) atoms. The number of benzene rings is 1. The topological polar surface area (TPSA) is 64.9 Å². The molecule has 1 aliphatic rings. The minimum atomic E-state index is -0.110. The molecule has 1 N–H and O–H groups in total. The van der Waals surface area contributed by atoms with Gasteiger partial charge in [0.2, 0.25) is 0 Å². The van der Waals surface area contributed by atoms with Crippen molar-refractivity contribution in [1.29, 1.82) is 0 Å². The summed E-state index contributed by atoms with van der Waals surface area (Å²) in [7, 11) is 1.64. The van der Waals surface area contributed by atoms with Crippen LogP contribution in [0.3, 0.4) is 0 Å². The molecule has 6 heteroatoms. The molecular weight excluding hydrogens is 318 g/mol. The molecule has 0 radical (unpaired) electrons. The summed E-state index contributed by atoms with van der Waals surface area (Å²) < 4.78 is 12.7. The molecule has 0 fully saturated rings. The number of carbonyl (C=O) groups is 1. The van der Waals surface area contributed by atoms with E-state index in [0.29, 0.717) is 18.7 Å². The van der Waals surface area contributed by atoms with Gasteiger partial charge in [-0.15, -0.1) is 0 Å². The van der Waals surface area contributed by atoms with Gasteiger partial charge in [0, 0.05) is 24.7 Å². The summed E-state index contributed by atoms with van der Waals surface area (Å²) in [4.78, 5) is 12.5. The molecular formula is C19H19N3O3. The van der Waals surface area contributed by atoms with Crippen LogP contribution in [0.25, 0.3) is 5.52 Å². The van der Waals surface area contributed by atoms with E-state index in [1.165, 1.54) is 0 Å². The van der Waals surface area contributed by atoms with E-state index in [2.05, 4.69) is 10.4 Å². The van der Waals surface area contributed by atoms with E-state index in [-0.39, 0.29) is 11.8 Å². The van der Waals surface area contributed by atoms with Crippen molar-refractivity contribution in [3.05, 3.63) is 59.9 Å². The Morgan fingerprint density at radius 2 is 2.32 bits per heavy atom. The van der Waals surface area contributed by atoms with Crippen LogP contribution in [0, 0.1) is 5.92 Å². The maximum Gasteiger partial charge on any atom is 0.255 e. The number of aromatic nitrogens is 2. The molecule has 4 rings (SSSR count). The first-order chi connectivity index (χ1) is 12.2. The van der Waals surface area contributed by atoms with Gasteiger partial charge in [0.25, 0.3) is 5.91 Å².